The summed E-state index contributed by atoms with van der Waals surface area (Å²) in [6, 6.07) is 4.74. The van der Waals surface area contributed by atoms with Crippen molar-refractivity contribution in [2.45, 2.75) is 32.5 Å². The van der Waals surface area contributed by atoms with E-state index in [9.17, 15) is 0 Å². The van der Waals surface area contributed by atoms with Crippen molar-refractivity contribution in [3.05, 3.63) is 24.5 Å². The molecule has 2 heterocycles. The van der Waals surface area contributed by atoms with E-state index in [1.165, 1.54) is 0 Å². The molecule has 0 spiro atoms. The summed E-state index contributed by atoms with van der Waals surface area (Å²) in [5, 5.41) is 0. The fourth-order valence-electron chi connectivity index (χ4n) is 2.05. The molecule has 0 amide bonds. The Morgan fingerprint density at radius 3 is 2.73 bits per heavy atom. The summed E-state index contributed by atoms with van der Waals surface area (Å²) < 4.78 is 7.96. The van der Waals surface area contributed by atoms with Gasteiger partial charge in [0.25, 0.3) is 0 Å². The molecule has 0 aromatic carbocycles. The third kappa shape index (κ3) is 2.83. The number of rotatable bonds is 3. The Morgan fingerprint density at radius 1 is 1.33 bits per heavy atom. The Balaban J connectivity index is 1.88. The van der Waals surface area contributed by atoms with Crippen LogP contribution in [0.3, 0.4) is 0 Å². The first-order chi connectivity index (χ1) is 7.25. The van der Waals surface area contributed by atoms with E-state index in [-0.39, 0.29) is 0 Å². The highest BCUT2D eigenvalue weighted by atomic mass is 16.5. The van der Waals surface area contributed by atoms with E-state index in [1.807, 2.05) is 0 Å². The van der Waals surface area contributed by atoms with E-state index in [1.54, 1.807) is 0 Å². The fraction of sp³-hybridized carbons (Fsp3) is 0.667. The van der Waals surface area contributed by atoms with Crippen LogP contribution in [0.2, 0.25) is 0 Å². The lowest BCUT2D eigenvalue weighted by molar-refractivity contribution is -0.0455. The predicted octanol–water partition coefficient (Wildman–Crippen LogP) is 1.60. The molecule has 1 aliphatic rings. The molecule has 1 aromatic rings. The molecule has 1 atom stereocenters. The average molecular weight is 208 g/mol. The van der Waals surface area contributed by atoms with Gasteiger partial charge in [0.05, 0.1) is 12.7 Å². The second kappa shape index (κ2) is 4.81. The number of nitrogens with zero attached hydrogens (tertiary/aromatic N) is 2. The van der Waals surface area contributed by atoms with Gasteiger partial charge in [-0.15, -0.1) is 0 Å². The summed E-state index contributed by atoms with van der Waals surface area (Å²) in [6.07, 6.45) is 4.53. The quantitative estimate of drug-likeness (QED) is 0.750. The highest BCUT2D eigenvalue weighted by molar-refractivity contribution is 4.91. The molecule has 1 aromatic heterocycles. The molecule has 1 saturated heterocycles. The van der Waals surface area contributed by atoms with E-state index in [0.29, 0.717) is 12.1 Å². The lowest BCUT2D eigenvalue weighted by Crippen LogP contribution is -2.47. The lowest BCUT2D eigenvalue weighted by Gasteiger charge is -2.35. The number of ether oxygens (including phenoxy) is 1. The highest BCUT2D eigenvalue weighted by Crippen LogP contribution is 2.10. The van der Waals surface area contributed by atoms with Crippen molar-refractivity contribution < 1.29 is 4.74 Å². The number of hydrogen-bond acceptors (Lipinski definition) is 2. The van der Waals surface area contributed by atoms with Gasteiger partial charge in [0.1, 0.15) is 0 Å². The smallest absolute Gasteiger partial charge is 0.0881 e. The predicted molar refractivity (Wildman–Crippen MR) is 60.9 cm³/mol. The molecule has 0 bridgehead atoms. The molecular formula is C12H20N2O. The number of hydrogen-bond donors (Lipinski definition) is 0. The van der Waals surface area contributed by atoms with Crippen LogP contribution in [0, 0.1) is 0 Å². The summed E-state index contributed by atoms with van der Waals surface area (Å²) >= 11 is 0. The summed E-state index contributed by atoms with van der Waals surface area (Å²) in [4.78, 5) is 2.48. The Kier molecular flexibility index (Phi) is 3.44. The Bertz CT molecular complexity index is 282. The molecular weight excluding hydrogens is 188 g/mol. The van der Waals surface area contributed by atoms with Gasteiger partial charge in [-0.25, -0.2) is 0 Å². The van der Waals surface area contributed by atoms with Crippen LogP contribution in [0.15, 0.2) is 24.5 Å². The monoisotopic (exact) mass is 208 g/mol. The summed E-state index contributed by atoms with van der Waals surface area (Å²) in [5.74, 6) is 0. The molecule has 84 valence electrons. The van der Waals surface area contributed by atoms with Crippen LogP contribution in [-0.4, -0.2) is 41.3 Å². The second-order valence-electron chi connectivity index (χ2n) is 4.46. The van der Waals surface area contributed by atoms with Gasteiger partial charge in [0, 0.05) is 38.1 Å². The van der Waals surface area contributed by atoms with Crippen molar-refractivity contribution in [3.63, 3.8) is 0 Å². The normalized spacial score (nSPS) is 23.5. The molecule has 3 heteroatoms. The average Bonchev–Trinajstić information content (AvgIpc) is 2.71. The van der Waals surface area contributed by atoms with Crippen LogP contribution in [0.4, 0.5) is 0 Å². The van der Waals surface area contributed by atoms with Crippen molar-refractivity contribution in [1.82, 2.24) is 9.47 Å². The maximum Gasteiger partial charge on any atom is 0.0881 e. The van der Waals surface area contributed by atoms with Gasteiger partial charge < -0.3 is 9.30 Å². The fourth-order valence-corrected chi connectivity index (χ4v) is 2.05. The van der Waals surface area contributed by atoms with Gasteiger partial charge in [-0.1, -0.05) is 0 Å². The van der Waals surface area contributed by atoms with Crippen LogP contribution in [0.1, 0.15) is 13.8 Å². The third-order valence-corrected chi connectivity index (χ3v) is 2.98. The van der Waals surface area contributed by atoms with E-state index in [0.717, 1.165) is 26.2 Å². The zero-order chi connectivity index (χ0) is 10.7. The second-order valence-corrected chi connectivity index (χ2v) is 4.46. The summed E-state index contributed by atoms with van der Waals surface area (Å²) in [5.41, 5.74) is 0. The van der Waals surface area contributed by atoms with Gasteiger partial charge in [-0.3, -0.25) is 4.90 Å². The first-order valence-electron chi connectivity index (χ1n) is 5.72. The Hall–Kier alpha value is -0.800. The highest BCUT2D eigenvalue weighted by Gasteiger charge is 2.21. The van der Waals surface area contributed by atoms with Crippen molar-refractivity contribution in [2.75, 3.05) is 19.7 Å². The molecule has 3 nitrogen and oxygen atoms in total. The first-order valence-corrected chi connectivity index (χ1v) is 5.72. The topological polar surface area (TPSA) is 17.4 Å². The van der Waals surface area contributed by atoms with Crippen LogP contribution in [0.5, 0.6) is 0 Å². The first kappa shape index (κ1) is 10.7. The minimum Gasteiger partial charge on any atom is -0.374 e. The standard InChI is InChI=1S/C12H20N2O/c1-11(2)14-7-8-15-12(10-14)9-13-5-3-4-6-13/h3-6,11-12H,7-10H2,1-2H3/t12-/m1/s1. The minimum absolute atomic E-state index is 0.341. The van der Waals surface area contributed by atoms with Gasteiger partial charge in [-0.2, -0.15) is 0 Å². The number of aromatic nitrogens is 1. The van der Waals surface area contributed by atoms with Crippen LogP contribution in [-0.2, 0) is 11.3 Å². The molecule has 0 radical (unpaired) electrons. The van der Waals surface area contributed by atoms with Crippen molar-refractivity contribution in [2.24, 2.45) is 0 Å². The maximum absolute atomic E-state index is 5.77. The summed E-state index contributed by atoms with van der Waals surface area (Å²) in [6.45, 7) is 8.45. The van der Waals surface area contributed by atoms with E-state index < -0.39 is 0 Å². The largest absolute Gasteiger partial charge is 0.374 e. The molecule has 0 unspecified atom stereocenters. The van der Waals surface area contributed by atoms with Gasteiger partial charge in [-0.05, 0) is 26.0 Å². The SMILES string of the molecule is CC(C)N1CCO[C@H](Cn2cccc2)C1. The summed E-state index contributed by atoms with van der Waals surface area (Å²) in [7, 11) is 0. The minimum atomic E-state index is 0.341. The van der Waals surface area contributed by atoms with Gasteiger partial charge in [0.15, 0.2) is 0 Å². The molecule has 0 N–H and O–H groups in total. The van der Waals surface area contributed by atoms with Crippen LogP contribution >= 0.6 is 0 Å². The zero-order valence-corrected chi connectivity index (χ0v) is 9.60. The van der Waals surface area contributed by atoms with Crippen molar-refractivity contribution in [3.8, 4) is 0 Å². The maximum atomic E-state index is 5.77. The molecule has 0 aliphatic carbocycles. The van der Waals surface area contributed by atoms with E-state index >= 15 is 0 Å². The molecule has 0 saturated carbocycles. The van der Waals surface area contributed by atoms with Gasteiger partial charge in [0.2, 0.25) is 0 Å². The molecule has 2 rings (SSSR count). The van der Waals surface area contributed by atoms with E-state index in [4.69, 9.17) is 4.74 Å². The van der Waals surface area contributed by atoms with Crippen LogP contribution in [0.25, 0.3) is 0 Å². The molecule has 1 aliphatic heterocycles. The van der Waals surface area contributed by atoms with E-state index in [2.05, 4.69) is 47.8 Å². The lowest BCUT2D eigenvalue weighted by atomic mass is 10.2. The Labute approximate surface area is 91.6 Å². The third-order valence-electron chi connectivity index (χ3n) is 2.98. The Morgan fingerprint density at radius 2 is 2.07 bits per heavy atom. The molecule has 15 heavy (non-hydrogen) atoms. The van der Waals surface area contributed by atoms with Gasteiger partial charge >= 0.3 is 0 Å². The molecule has 1 fully saturated rings. The number of morpholine rings is 1. The van der Waals surface area contributed by atoms with Crippen molar-refractivity contribution >= 4 is 0 Å². The van der Waals surface area contributed by atoms with Crippen LogP contribution < -0.4 is 0 Å². The zero-order valence-electron chi connectivity index (χ0n) is 9.60. The van der Waals surface area contributed by atoms with Crippen molar-refractivity contribution in [1.29, 1.82) is 0 Å².